The topological polar surface area (TPSA) is 104 Å². The number of ether oxygens (including phenoxy) is 1. The van der Waals surface area contributed by atoms with Crippen LogP contribution < -0.4 is 5.32 Å². The molecule has 0 saturated heterocycles. The fourth-order valence-electron chi connectivity index (χ4n) is 3.41. The Hall–Kier alpha value is -3.23. The summed E-state index contributed by atoms with van der Waals surface area (Å²) in [5, 5.41) is 12.2. The number of methoxy groups -OCH3 is 1. The molecule has 1 aliphatic carbocycles. The molecule has 0 radical (unpaired) electrons. The summed E-state index contributed by atoms with van der Waals surface area (Å²) in [7, 11) is 4.81. The second-order valence-electron chi connectivity index (χ2n) is 7.15. The fraction of sp³-hybridized carbons (Fsp3) is 0.421. The molecule has 3 aromatic rings. The van der Waals surface area contributed by atoms with Crippen molar-refractivity contribution in [2.45, 2.75) is 32.6 Å². The molecule has 9 heteroatoms. The number of fused-ring (bicyclic) bond motifs is 1. The van der Waals surface area contributed by atoms with Gasteiger partial charge in [-0.2, -0.15) is 10.2 Å². The number of amides is 1. The summed E-state index contributed by atoms with van der Waals surface area (Å²) in [6, 6.07) is 1.84. The lowest BCUT2D eigenvalue weighted by Crippen LogP contribution is -2.16. The molecule has 1 N–H and O–H groups in total. The molecule has 0 atom stereocenters. The Morgan fingerprint density at radius 2 is 1.89 bits per heavy atom. The first-order valence-electron chi connectivity index (χ1n) is 9.09. The second kappa shape index (κ2) is 6.43. The largest absolute Gasteiger partial charge is 0.464 e. The van der Waals surface area contributed by atoms with E-state index in [2.05, 4.69) is 15.5 Å². The Morgan fingerprint density at radius 3 is 2.54 bits per heavy atom. The van der Waals surface area contributed by atoms with Crippen LogP contribution in [0.3, 0.4) is 0 Å². The maximum atomic E-state index is 13.2. The van der Waals surface area contributed by atoms with Gasteiger partial charge in [-0.3, -0.25) is 14.2 Å². The van der Waals surface area contributed by atoms with Crippen molar-refractivity contribution in [3.8, 4) is 0 Å². The standard InChI is InChI=1S/C19H22N6O3/c1-9-14-12(8-13(11-6-7-11)20-17(14)25(4)22-9)18(26)21-15-10(2)24(3)23-16(15)19(27)28-5/h8,11H,6-7H2,1-5H3,(H,21,26). The average molecular weight is 382 g/mol. The second-order valence-corrected chi connectivity index (χ2v) is 7.15. The molecule has 9 nitrogen and oxygen atoms in total. The molecule has 1 amide bonds. The highest BCUT2D eigenvalue weighted by atomic mass is 16.5. The van der Waals surface area contributed by atoms with Crippen molar-refractivity contribution < 1.29 is 14.3 Å². The smallest absolute Gasteiger partial charge is 0.360 e. The van der Waals surface area contributed by atoms with Crippen LogP contribution in [-0.2, 0) is 18.8 Å². The number of nitrogens with one attached hydrogen (secondary N) is 1. The lowest BCUT2D eigenvalue weighted by atomic mass is 10.1. The van der Waals surface area contributed by atoms with Crippen LogP contribution in [0.15, 0.2) is 6.07 Å². The van der Waals surface area contributed by atoms with Gasteiger partial charge in [-0.1, -0.05) is 0 Å². The first-order chi connectivity index (χ1) is 13.3. The quantitative estimate of drug-likeness (QED) is 0.694. The van der Waals surface area contributed by atoms with Gasteiger partial charge in [-0.15, -0.1) is 0 Å². The van der Waals surface area contributed by atoms with E-state index in [1.165, 1.54) is 11.8 Å². The van der Waals surface area contributed by atoms with Crippen molar-refractivity contribution in [1.29, 1.82) is 0 Å². The van der Waals surface area contributed by atoms with Crippen molar-refractivity contribution in [2.75, 3.05) is 12.4 Å². The Morgan fingerprint density at radius 1 is 1.18 bits per heavy atom. The van der Waals surface area contributed by atoms with Crippen LogP contribution >= 0.6 is 0 Å². The van der Waals surface area contributed by atoms with E-state index in [0.29, 0.717) is 33.9 Å². The van der Waals surface area contributed by atoms with Crippen molar-refractivity contribution in [1.82, 2.24) is 24.5 Å². The summed E-state index contributed by atoms with van der Waals surface area (Å²) < 4.78 is 8.03. The lowest BCUT2D eigenvalue weighted by Gasteiger charge is -2.09. The summed E-state index contributed by atoms with van der Waals surface area (Å²) in [5.74, 6) is -0.543. The van der Waals surface area contributed by atoms with Gasteiger partial charge in [0.15, 0.2) is 11.3 Å². The van der Waals surface area contributed by atoms with Gasteiger partial charge in [0.1, 0.15) is 0 Å². The minimum absolute atomic E-state index is 0.0754. The molecule has 0 aliphatic heterocycles. The van der Waals surface area contributed by atoms with Gasteiger partial charge in [-0.25, -0.2) is 9.78 Å². The third-order valence-corrected chi connectivity index (χ3v) is 5.18. The van der Waals surface area contributed by atoms with E-state index < -0.39 is 5.97 Å². The van der Waals surface area contributed by atoms with Gasteiger partial charge in [0, 0.05) is 25.7 Å². The normalized spacial score (nSPS) is 13.8. The van der Waals surface area contributed by atoms with Gasteiger partial charge in [0.25, 0.3) is 5.91 Å². The first-order valence-corrected chi connectivity index (χ1v) is 9.09. The molecular weight excluding hydrogens is 360 g/mol. The van der Waals surface area contributed by atoms with Crippen LogP contribution in [0.4, 0.5) is 5.69 Å². The number of carbonyl (C=O) groups excluding carboxylic acids is 2. The van der Waals surface area contributed by atoms with Crippen molar-refractivity contribution >= 4 is 28.6 Å². The fourth-order valence-corrected chi connectivity index (χ4v) is 3.41. The van der Waals surface area contributed by atoms with E-state index in [4.69, 9.17) is 9.72 Å². The highest BCUT2D eigenvalue weighted by Gasteiger charge is 2.29. The molecule has 0 bridgehead atoms. The first kappa shape index (κ1) is 18.1. The van der Waals surface area contributed by atoms with E-state index >= 15 is 0 Å². The van der Waals surface area contributed by atoms with Crippen LogP contribution in [0, 0.1) is 13.8 Å². The van der Waals surface area contributed by atoms with Crippen molar-refractivity contribution in [3.63, 3.8) is 0 Å². The Bertz CT molecular complexity index is 1120. The van der Waals surface area contributed by atoms with Crippen LogP contribution in [0.2, 0.25) is 0 Å². The van der Waals surface area contributed by atoms with Gasteiger partial charge < -0.3 is 10.1 Å². The summed E-state index contributed by atoms with van der Waals surface area (Å²) >= 11 is 0. The number of esters is 1. The van der Waals surface area contributed by atoms with E-state index in [9.17, 15) is 9.59 Å². The van der Waals surface area contributed by atoms with Gasteiger partial charge in [0.2, 0.25) is 0 Å². The van der Waals surface area contributed by atoms with Crippen LogP contribution in [0.1, 0.15) is 56.7 Å². The predicted molar refractivity (Wildman–Crippen MR) is 102 cm³/mol. The molecule has 4 rings (SSSR count). The molecule has 1 fully saturated rings. The number of pyridine rings is 1. The molecule has 1 aliphatic rings. The Kier molecular flexibility index (Phi) is 4.17. The maximum Gasteiger partial charge on any atom is 0.360 e. The molecule has 146 valence electrons. The lowest BCUT2D eigenvalue weighted by molar-refractivity contribution is 0.0594. The average Bonchev–Trinajstić information content (AvgIpc) is 3.44. The van der Waals surface area contributed by atoms with Crippen LogP contribution in [0.5, 0.6) is 0 Å². The summed E-state index contributed by atoms with van der Waals surface area (Å²) in [5.41, 5.74) is 3.89. The van der Waals surface area contributed by atoms with E-state index in [1.807, 2.05) is 20.0 Å². The monoisotopic (exact) mass is 382 g/mol. The van der Waals surface area contributed by atoms with E-state index in [-0.39, 0.29) is 11.6 Å². The minimum atomic E-state index is -0.602. The summed E-state index contributed by atoms with van der Waals surface area (Å²) in [6.07, 6.45) is 2.15. The SMILES string of the molecule is COC(=O)c1nn(C)c(C)c1NC(=O)c1cc(C2CC2)nc2c1c(C)nn2C. The Labute approximate surface area is 161 Å². The number of rotatable bonds is 4. The highest BCUT2D eigenvalue weighted by Crippen LogP contribution is 2.40. The third kappa shape index (κ3) is 2.83. The zero-order chi connectivity index (χ0) is 20.2. The van der Waals surface area contributed by atoms with E-state index in [0.717, 1.165) is 24.2 Å². The summed E-state index contributed by atoms with van der Waals surface area (Å²) in [4.78, 5) is 30.0. The number of hydrogen-bond acceptors (Lipinski definition) is 6. The molecule has 0 unspecified atom stereocenters. The minimum Gasteiger partial charge on any atom is -0.464 e. The zero-order valence-corrected chi connectivity index (χ0v) is 16.5. The number of anilines is 1. The van der Waals surface area contributed by atoms with Crippen LogP contribution in [-0.4, -0.2) is 43.5 Å². The molecule has 0 spiro atoms. The molecule has 0 aromatic carbocycles. The van der Waals surface area contributed by atoms with E-state index in [1.54, 1.807) is 18.7 Å². The predicted octanol–water partition coefficient (Wildman–Crippen LogP) is 2.23. The van der Waals surface area contributed by atoms with Gasteiger partial charge in [-0.05, 0) is 32.8 Å². The number of carbonyl (C=O) groups is 2. The van der Waals surface area contributed by atoms with Gasteiger partial charge >= 0.3 is 5.97 Å². The molecule has 3 heterocycles. The molecule has 1 saturated carbocycles. The number of aryl methyl sites for hydroxylation is 3. The Balaban J connectivity index is 1.81. The van der Waals surface area contributed by atoms with Crippen molar-refractivity contribution in [2.24, 2.45) is 14.1 Å². The van der Waals surface area contributed by atoms with Crippen molar-refractivity contribution in [3.05, 3.63) is 34.4 Å². The van der Waals surface area contributed by atoms with Gasteiger partial charge in [0.05, 0.1) is 35.1 Å². The number of nitrogens with zero attached hydrogens (tertiary/aromatic N) is 5. The molecule has 3 aromatic heterocycles. The molecule has 28 heavy (non-hydrogen) atoms. The zero-order valence-electron chi connectivity index (χ0n) is 16.5. The summed E-state index contributed by atoms with van der Waals surface area (Å²) in [6.45, 7) is 3.63. The molecular formula is C19H22N6O3. The number of aromatic nitrogens is 5. The van der Waals surface area contributed by atoms with Crippen LogP contribution in [0.25, 0.3) is 11.0 Å². The highest BCUT2D eigenvalue weighted by molar-refractivity contribution is 6.14. The maximum absolute atomic E-state index is 13.2. The number of hydrogen-bond donors (Lipinski definition) is 1. The third-order valence-electron chi connectivity index (χ3n) is 5.18.